The van der Waals surface area contributed by atoms with Crippen molar-refractivity contribution >= 4 is 17.0 Å². The predicted molar refractivity (Wildman–Crippen MR) is 80.4 cm³/mol. The molecule has 3 aromatic rings. The van der Waals surface area contributed by atoms with E-state index in [0.717, 1.165) is 5.56 Å². The molecule has 1 unspecified atom stereocenters. The topological polar surface area (TPSA) is 0 Å². The number of benzene rings is 1. The Morgan fingerprint density at radius 1 is 1.00 bits per heavy atom. The number of hydrogen-bond donors (Lipinski definition) is 0. The molecule has 1 atom stereocenters. The molecule has 0 nitrogen and oxygen atoms in total. The van der Waals surface area contributed by atoms with Crippen LogP contribution in [-0.2, 0) is 20.8 Å². The van der Waals surface area contributed by atoms with Crippen molar-refractivity contribution in [2.75, 3.05) is 0 Å². The smallest absolute Gasteiger partial charge is 0.800 e. The Hall–Kier alpha value is -0.617. The Balaban J connectivity index is 0.000000228. The summed E-state index contributed by atoms with van der Waals surface area (Å²) in [5.41, 5.74) is 2.31. The van der Waals surface area contributed by atoms with E-state index in [1.165, 1.54) is 5.56 Å². The molecule has 0 amide bonds. The van der Waals surface area contributed by atoms with Crippen LogP contribution in [0, 0.1) is 48.5 Å². The maximum absolute atomic E-state index is 4.93. The predicted octanol–water partition coefficient (Wildman–Crippen LogP) is 4.74. The molecule has 3 heteroatoms. The molecule has 0 saturated heterocycles. The first kappa shape index (κ1) is 18.4. The van der Waals surface area contributed by atoms with Crippen LogP contribution in [0.3, 0.4) is 0 Å². The van der Waals surface area contributed by atoms with Gasteiger partial charge in [-0.1, -0.05) is 42.8 Å². The normalized spacial score (nSPS) is 10.4. The van der Waals surface area contributed by atoms with Gasteiger partial charge in [-0.3, -0.25) is 0 Å². The van der Waals surface area contributed by atoms with Gasteiger partial charge in [0.15, 0.2) is 0 Å². The van der Waals surface area contributed by atoms with Gasteiger partial charge in [-0.25, -0.2) is 0 Å². The maximum Gasteiger partial charge on any atom is -0.800 e. The number of halogens is 2. The third-order valence-corrected chi connectivity index (χ3v) is 2.54. The van der Waals surface area contributed by atoms with E-state index in [0.29, 0.717) is 5.92 Å². The summed E-state index contributed by atoms with van der Waals surface area (Å²) in [4.78, 5) is 0. The van der Waals surface area contributed by atoms with Crippen LogP contribution >= 0.6 is 17.0 Å². The Bertz CT molecular complexity index is 513. The summed E-state index contributed by atoms with van der Waals surface area (Å²) in [6.45, 7) is 2.14. The van der Waals surface area contributed by atoms with Gasteiger partial charge in [0.2, 0.25) is 0 Å². The first-order valence-corrected chi connectivity index (χ1v) is 12.4. The molecule has 0 radical (unpaired) electrons. The fourth-order valence-electron chi connectivity index (χ4n) is 1.53. The monoisotopic (exact) mass is 386 g/mol. The standard InChI is InChI=1S/C13H9.C5H.2ClH.Zr/c1-11(13-9-5-6-10-13)12-7-3-2-4-8-12;1-2-4-5-3-1;;;/h2-4,7-8,11H,1H3;1H;2*1H;/q2*-5;;;+2/p-2. The Morgan fingerprint density at radius 3 is 1.95 bits per heavy atom. The van der Waals surface area contributed by atoms with Crippen molar-refractivity contribution in [2.45, 2.75) is 12.8 Å². The molecule has 0 heterocycles. The quantitative estimate of drug-likeness (QED) is 0.557. The Kier molecular flexibility index (Phi) is 10.5. The summed E-state index contributed by atoms with van der Waals surface area (Å²) in [7, 11) is 9.87. The first-order chi connectivity index (χ1) is 10.3. The van der Waals surface area contributed by atoms with Crippen LogP contribution in [-0.4, -0.2) is 0 Å². The third-order valence-electron chi connectivity index (χ3n) is 2.54. The zero-order valence-corrected chi connectivity index (χ0v) is 15.3. The van der Waals surface area contributed by atoms with Gasteiger partial charge in [0.05, 0.1) is 0 Å². The van der Waals surface area contributed by atoms with E-state index >= 15 is 0 Å². The van der Waals surface area contributed by atoms with E-state index in [-0.39, 0.29) is 0 Å². The van der Waals surface area contributed by atoms with Gasteiger partial charge in [0, 0.05) is 0 Å². The average molecular weight is 388 g/mol. The number of hydrogen-bond acceptors (Lipinski definition) is 0. The minimum absolute atomic E-state index is 0.337. The maximum atomic E-state index is 4.93. The summed E-state index contributed by atoms with van der Waals surface area (Å²) in [6.07, 6.45) is 0. The van der Waals surface area contributed by atoms with Gasteiger partial charge in [-0.15, -0.1) is 0 Å². The van der Waals surface area contributed by atoms with Gasteiger partial charge in [-0.05, 0) is 0 Å². The summed E-state index contributed by atoms with van der Waals surface area (Å²) in [5.74, 6) is 0.337. The minimum atomic E-state index is -0.826. The molecule has 0 saturated carbocycles. The van der Waals surface area contributed by atoms with Gasteiger partial charge >= 0.3 is 37.9 Å². The van der Waals surface area contributed by atoms with Gasteiger partial charge in [0.1, 0.15) is 0 Å². The van der Waals surface area contributed by atoms with Crippen molar-refractivity contribution in [1.82, 2.24) is 0 Å². The second kappa shape index (κ2) is 12.0. The molecule has 3 aromatic carbocycles. The van der Waals surface area contributed by atoms with Crippen LogP contribution in [0.4, 0.5) is 0 Å². The molecule has 0 spiro atoms. The van der Waals surface area contributed by atoms with Crippen LogP contribution in [0.2, 0.25) is 0 Å². The Labute approximate surface area is 146 Å². The van der Waals surface area contributed by atoms with Crippen LogP contribution in [0.1, 0.15) is 24.0 Å². The summed E-state index contributed by atoms with van der Waals surface area (Å²) in [5, 5.41) is 0. The van der Waals surface area contributed by atoms with Crippen molar-refractivity contribution in [3.63, 3.8) is 0 Å². The van der Waals surface area contributed by atoms with Crippen molar-refractivity contribution in [3.8, 4) is 0 Å². The third kappa shape index (κ3) is 7.81. The van der Waals surface area contributed by atoms with E-state index < -0.39 is 20.8 Å². The molecule has 21 heavy (non-hydrogen) atoms. The summed E-state index contributed by atoms with van der Waals surface area (Å²) < 4.78 is 0. The minimum Gasteiger partial charge on any atom is -0.999 e. The molecular formula is C18H10Cl2Zr-10. The van der Waals surface area contributed by atoms with Gasteiger partial charge in [0.25, 0.3) is 0 Å². The molecule has 0 bridgehead atoms. The Morgan fingerprint density at radius 2 is 1.52 bits per heavy atom. The SMILES string of the molecule is CC(c1ccccc1)[c-]1[c-][c-][c-][c-]1.[Cl][Zr][Cl].[c-]1[c-][c-][cH-][c-]1. The summed E-state index contributed by atoms with van der Waals surface area (Å²) in [6, 6.07) is 33.9. The molecule has 0 fully saturated rings. The van der Waals surface area contributed by atoms with E-state index in [4.69, 9.17) is 17.0 Å². The van der Waals surface area contributed by atoms with Crippen molar-refractivity contribution in [1.29, 1.82) is 0 Å². The van der Waals surface area contributed by atoms with Crippen molar-refractivity contribution < 1.29 is 20.8 Å². The van der Waals surface area contributed by atoms with Crippen molar-refractivity contribution in [2.24, 2.45) is 0 Å². The first-order valence-electron chi connectivity index (χ1n) is 6.02. The molecule has 0 N–H and O–H groups in total. The molecule has 0 aliphatic carbocycles. The second-order valence-electron chi connectivity index (χ2n) is 3.80. The van der Waals surface area contributed by atoms with E-state index in [1.807, 2.05) is 18.2 Å². The van der Waals surface area contributed by atoms with Crippen molar-refractivity contribution in [3.05, 3.63) is 96.1 Å². The fourth-order valence-corrected chi connectivity index (χ4v) is 1.53. The molecule has 0 aliphatic heterocycles. The fraction of sp³-hybridized carbons (Fsp3) is 0.111. The zero-order valence-electron chi connectivity index (χ0n) is 11.3. The van der Waals surface area contributed by atoms with Crippen LogP contribution < -0.4 is 0 Å². The second-order valence-corrected chi connectivity index (χ2v) is 7.53. The van der Waals surface area contributed by atoms with Gasteiger partial charge < -0.3 is 60.2 Å². The van der Waals surface area contributed by atoms with Gasteiger partial charge in [-0.2, -0.15) is 5.92 Å². The van der Waals surface area contributed by atoms with Crippen LogP contribution in [0.5, 0.6) is 0 Å². The van der Waals surface area contributed by atoms with E-state index in [9.17, 15) is 0 Å². The largest absolute Gasteiger partial charge is 0.999 e. The molecular weight excluding hydrogens is 378 g/mol. The van der Waals surface area contributed by atoms with Crippen LogP contribution in [0.25, 0.3) is 0 Å². The molecule has 3 rings (SSSR count). The zero-order chi connectivity index (χ0) is 15.3. The summed E-state index contributed by atoms with van der Waals surface area (Å²) >= 11 is -0.826. The van der Waals surface area contributed by atoms with Crippen LogP contribution in [0.15, 0.2) is 36.4 Å². The molecule has 0 aromatic heterocycles. The van der Waals surface area contributed by atoms with E-state index in [2.05, 4.69) is 67.6 Å². The molecule has 0 aliphatic rings. The number of rotatable bonds is 2. The van der Waals surface area contributed by atoms with E-state index in [1.54, 1.807) is 6.07 Å². The molecule has 110 valence electrons. The average Bonchev–Trinajstić information content (AvgIpc) is 3.24.